The molecule has 172 valence electrons. The van der Waals surface area contributed by atoms with Gasteiger partial charge in [-0.25, -0.2) is 4.68 Å². The van der Waals surface area contributed by atoms with Crippen LogP contribution in [0, 0.1) is 0 Å². The first-order valence-corrected chi connectivity index (χ1v) is 11.3. The Morgan fingerprint density at radius 2 is 1.41 bits per heavy atom. The van der Waals surface area contributed by atoms with E-state index in [1.807, 2.05) is 91.9 Å². The van der Waals surface area contributed by atoms with Gasteiger partial charge in [0.05, 0.1) is 12.3 Å². The molecule has 0 spiro atoms. The number of ether oxygens (including phenoxy) is 1. The third-order valence-corrected chi connectivity index (χ3v) is 5.40. The summed E-state index contributed by atoms with van der Waals surface area (Å²) in [5.41, 5.74) is 3.19. The van der Waals surface area contributed by atoms with E-state index in [0.717, 1.165) is 22.4 Å². The third-order valence-electron chi connectivity index (χ3n) is 5.40. The Labute approximate surface area is 199 Å². The fourth-order valence-electron chi connectivity index (χ4n) is 3.67. The molecule has 0 radical (unpaired) electrons. The second-order valence-corrected chi connectivity index (χ2v) is 7.89. The number of amides is 1. The molecule has 0 aliphatic carbocycles. The molecule has 1 aromatic heterocycles. The van der Waals surface area contributed by atoms with E-state index < -0.39 is 0 Å². The van der Waals surface area contributed by atoms with Crippen LogP contribution in [0.15, 0.2) is 102 Å². The Balaban J connectivity index is 1.56. The number of nitrogens with zero attached hydrogens (tertiary/aromatic N) is 3. The van der Waals surface area contributed by atoms with Crippen LogP contribution < -0.4 is 10.3 Å². The van der Waals surface area contributed by atoms with E-state index in [4.69, 9.17) is 4.74 Å². The van der Waals surface area contributed by atoms with E-state index in [0.29, 0.717) is 25.4 Å². The molecule has 4 aromatic rings. The molecule has 0 fully saturated rings. The molecule has 0 saturated carbocycles. The lowest BCUT2D eigenvalue weighted by atomic mass is 10.1. The van der Waals surface area contributed by atoms with E-state index in [1.54, 1.807) is 11.0 Å². The van der Waals surface area contributed by atoms with Gasteiger partial charge in [-0.3, -0.25) is 9.59 Å². The fraction of sp³-hybridized carbons (Fsp3) is 0.179. The van der Waals surface area contributed by atoms with Crippen molar-refractivity contribution in [2.75, 3.05) is 6.61 Å². The summed E-state index contributed by atoms with van der Waals surface area (Å²) in [6, 6.07) is 30.3. The summed E-state index contributed by atoms with van der Waals surface area (Å²) < 4.78 is 6.72. The largest absolute Gasteiger partial charge is 0.494 e. The minimum absolute atomic E-state index is 0.136. The minimum Gasteiger partial charge on any atom is -0.494 e. The maximum atomic E-state index is 13.3. The second-order valence-electron chi connectivity index (χ2n) is 7.89. The van der Waals surface area contributed by atoms with Crippen LogP contribution in [0.3, 0.4) is 0 Å². The summed E-state index contributed by atoms with van der Waals surface area (Å²) in [5, 5.41) is 4.47. The summed E-state index contributed by atoms with van der Waals surface area (Å²) in [4.78, 5) is 27.6. The van der Waals surface area contributed by atoms with Crippen molar-refractivity contribution in [2.24, 2.45) is 0 Å². The van der Waals surface area contributed by atoms with Crippen LogP contribution in [0.1, 0.15) is 18.1 Å². The molecule has 1 amide bonds. The molecular formula is C28H27N3O3. The maximum Gasteiger partial charge on any atom is 0.267 e. The molecular weight excluding hydrogens is 426 g/mol. The monoisotopic (exact) mass is 453 g/mol. The van der Waals surface area contributed by atoms with Crippen LogP contribution in [0.2, 0.25) is 0 Å². The van der Waals surface area contributed by atoms with E-state index in [9.17, 15) is 9.59 Å². The van der Waals surface area contributed by atoms with Gasteiger partial charge >= 0.3 is 0 Å². The first-order chi connectivity index (χ1) is 16.6. The van der Waals surface area contributed by atoms with Crippen molar-refractivity contribution in [1.29, 1.82) is 0 Å². The molecule has 0 atom stereocenters. The van der Waals surface area contributed by atoms with Crippen LogP contribution in [-0.4, -0.2) is 27.2 Å². The molecule has 1 heterocycles. The summed E-state index contributed by atoms with van der Waals surface area (Å²) in [7, 11) is 0. The van der Waals surface area contributed by atoms with Crippen LogP contribution in [0.25, 0.3) is 11.3 Å². The van der Waals surface area contributed by atoms with Crippen molar-refractivity contribution in [2.45, 2.75) is 26.6 Å². The molecule has 0 saturated heterocycles. The molecule has 3 aromatic carbocycles. The Bertz CT molecular complexity index is 1230. The SMILES string of the molecule is CCOc1ccc(-c2ccc(=O)n(CC(=O)N(Cc3ccccc3)Cc3ccccc3)n2)cc1. The number of rotatable bonds is 9. The van der Waals surface area contributed by atoms with Gasteiger partial charge in [-0.05, 0) is 48.4 Å². The molecule has 0 aliphatic rings. The van der Waals surface area contributed by atoms with Gasteiger partial charge in [0, 0.05) is 24.7 Å². The zero-order chi connectivity index (χ0) is 23.8. The molecule has 6 heteroatoms. The molecule has 0 bridgehead atoms. The summed E-state index contributed by atoms with van der Waals surface area (Å²) in [6.45, 7) is 3.28. The van der Waals surface area contributed by atoms with E-state index in [2.05, 4.69) is 5.10 Å². The quantitative estimate of drug-likeness (QED) is 0.373. The highest BCUT2D eigenvalue weighted by atomic mass is 16.5. The highest BCUT2D eigenvalue weighted by Crippen LogP contribution is 2.20. The molecule has 4 rings (SSSR count). The van der Waals surface area contributed by atoms with Gasteiger partial charge in [0.1, 0.15) is 12.3 Å². The van der Waals surface area contributed by atoms with Crippen molar-refractivity contribution in [3.63, 3.8) is 0 Å². The molecule has 6 nitrogen and oxygen atoms in total. The van der Waals surface area contributed by atoms with Gasteiger partial charge < -0.3 is 9.64 Å². The second kappa shape index (κ2) is 11.1. The minimum atomic E-state index is -0.317. The number of hydrogen-bond donors (Lipinski definition) is 0. The Morgan fingerprint density at radius 1 is 0.824 bits per heavy atom. The first kappa shape index (κ1) is 23.0. The average molecular weight is 454 g/mol. The Kier molecular flexibility index (Phi) is 7.50. The van der Waals surface area contributed by atoms with Crippen LogP contribution >= 0.6 is 0 Å². The number of carbonyl (C=O) groups excluding carboxylic acids is 1. The lowest BCUT2D eigenvalue weighted by molar-refractivity contribution is -0.133. The van der Waals surface area contributed by atoms with Gasteiger partial charge in [-0.2, -0.15) is 5.10 Å². The van der Waals surface area contributed by atoms with E-state index in [1.165, 1.54) is 10.7 Å². The zero-order valence-corrected chi connectivity index (χ0v) is 19.1. The van der Waals surface area contributed by atoms with Crippen molar-refractivity contribution in [1.82, 2.24) is 14.7 Å². The van der Waals surface area contributed by atoms with Crippen molar-refractivity contribution >= 4 is 5.91 Å². The Morgan fingerprint density at radius 3 is 1.97 bits per heavy atom. The van der Waals surface area contributed by atoms with Crippen molar-refractivity contribution in [3.05, 3.63) is 119 Å². The maximum absolute atomic E-state index is 13.3. The predicted molar refractivity (Wildman–Crippen MR) is 132 cm³/mol. The molecule has 0 unspecified atom stereocenters. The predicted octanol–water partition coefficient (Wildman–Crippen LogP) is 4.54. The van der Waals surface area contributed by atoms with Crippen molar-refractivity contribution < 1.29 is 9.53 Å². The molecule has 34 heavy (non-hydrogen) atoms. The van der Waals surface area contributed by atoms with Crippen LogP contribution in [-0.2, 0) is 24.4 Å². The van der Waals surface area contributed by atoms with E-state index in [-0.39, 0.29) is 18.0 Å². The highest BCUT2D eigenvalue weighted by Gasteiger charge is 2.17. The van der Waals surface area contributed by atoms with Gasteiger partial charge in [0.2, 0.25) is 5.91 Å². The van der Waals surface area contributed by atoms with Gasteiger partial charge in [-0.1, -0.05) is 60.7 Å². The topological polar surface area (TPSA) is 64.4 Å². The summed E-state index contributed by atoms with van der Waals surface area (Å²) in [6.07, 6.45) is 0. The van der Waals surface area contributed by atoms with Crippen molar-refractivity contribution in [3.8, 4) is 17.0 Å². The number of aromatic nitrogens is 2. The first-order valence-electron chi connectivity index (χ1n) is 11.3. The van der Waals surface area contributed by atoms with Gasteiger partial charge in [0.25, 0.3) is 5.56 Å². The normalized spacial score (nSPS) is 10.6. The van der Waals surface area contributed by atoms with E-state index >= 15 is 0 Å². The van der Waals surface area contributed by atoms with Crippen LogP contribution in [0.4, 0.5) is 0 Å². The number of hydrogen-bond acceptors (Lipinski definition) is 4. The summed E-state index contributed by atoms with van der Waals surface area (Å²) >= 11 is 0. The summed E-state index contributed by atoms with van der Waals surface area (Å²) in [5.74, 6) is 0.596. The lowest BCUT2D eigenvalue weighted by Crippen LogP contribution is -2.36. The average Bonchev–Trinajstić information content (AvgIpc) is 2.87. The Hall–Kier alpha value is -4.19. The third kappa shape index (κ3) is 5.98. The number of benzene rings is 3. The fourth-order valence-corrected chi connectivity index (χ4v) is 3.67. The van der Waals surface area contributed by atoms with Gasteiger partial charge in [0.15, 0.2) is 0 Å². The molecule has 0 aliphatic heterocycles. The molecule has 0 N–H and O–H groups in total. The standard InChI is InChI=1S/C28H27N3O3/c1-2-34-25-15-13-24(14-16-25)26-17-18-27(32)31(29-26)21-28(33)30(19-22-9-5-3-6-10-22)20-23-11-7-4-8-12-23/h3-18H,2,19-21H2,1H3. The highest BCUT2D eigenvalue weighted by molar-refractivity contribution is 5.76. The lowest BCUT2D eigenvalue weighted by Gasteiger charge is -2.23. The zero-order valence-electron chi connectivity index (χ0n) is 19.1. The number of carbonyl (C=O) groups is 1. The van der Waals surface area contributed by atoms with Gasteiger partial charge in [-0.15, -0.1) is 0 Å². The smallest absolute Gasteiger partial charge is 0.267 e. The van der Waals surface area contributed by atoms with Crippen LogP contribution in [0.5, 0.6) is 5.75 Å².